The van der Waals surface area contributed by atoms with Crippen molar-refractivity contribution in [2.24, 2.45) is 23.0 Å². The molecular weight excluding hydrogens is 290 g/mol. The molecule has 1 aliphatic carbocycles. The maximum absolute atomic E-state index is 11.3. The summed E-state index contributed by atoms with van der Waals surface area (Å²) in [5, 5.41) is 3.78. The summed E-state index contributed by atoms with van der Waals surface area (Å²) >= 11 is 0. The zero-order chi connectivity index (χ0) is 16.4. The second kappa shape index (κ2) is 7.08. The van der Waals surface area contributed by atoms with Crippen LogP contribution in [0.2, 0.25) is 0 Å². The Labute approximate surface area is 140 Å². The Kier molecular flexibility index (Phi) is 5.29. The van der Waals surface area contributed by atoms with Crippen LogP contribution in [0.5, 0.6) is 0 Å². The Morgan fingerprint density at radius 3 is 2.96 bits per heavy atom. The van der Waals surface area contributed by atoms with E-state index in [2.05, 4.69) is 24.1 Å². The van der Waals surface area contributed by atoms with Crippen LogP contribution in [0, 0.1) is 17.3 Å². The predicted octanol–water partition coefficient (Wildman–Crippen LogP) is 1.37. The van der Waals surface area contributed by atoms with Gasteiger partial charge in [-0.25, -0.2) is 0 Å². The van der Waals surface area contributed by atoms with Gasteiger partial charge in [-0.15, -0.1) is 0 Å². The smallest absolute Gasteiger partial charge is 0.221 e. The largest absolute Gasteiger partial charge is 0.377 e. The SMILES string of the molecule is CC1(C)[C@H](NCCCN2CCC[C@H](C(N)=O)C2)[C@H]2CCCO[C@H]21. The lowest BCUT2D eigenvalue weighted by Gasteiger charge is -2.60. The summed E-state index contributed by atoms with van der Waals surface area (Å²) in [6.07, 6.45) is 6.15. The molecule has 3 N–H and O–H groups in total. The molecule has 0 bridgehead atoms. The molecule has 1 amide bonds. The fourth-order valence-electron chi connectivity index (χ4n) is 4.99. The number of carbonyl (C=O) groups is 1. The zero-order valence-corrected chi connectivity index (χ0v) is 14.7. The van der Waals surface area contributed by atoms with E-state index in [0.717, 1.165) is 52.0 Å². The van der Waals surface area contributed by atoms with Crippen LogP contribution in [-0.2, 0) is 9.53 Å². The van der Waals surface area contributed by atoms with Crippen molar-refractivity contribution in [2.75, 3.05) is 32.8 Å². The van der Waals surface area contributed by atoms with Gasteiger partial charge in [-0.3, -0.25) is 4.79 Å². The molecule has 4 atom stereocenters. The number of hydrogen-bond acceptors (Lipinski definition) is 4. The Balaban J connectivity index is 1.37. The van der Waals surface area contributed by atoms with Crippen molar-refractivity contribution in [3.8, 4) is 0 Å². The van der Waals surface area contributed by atoms with Gasteiger partial charge in [-0.2, -0.15) is 0 Å². The fraction of sp³-hybridized carbons (Fsp3) is 0.944. The highest BCUT2D eigenvalue weighted by atomic mass is 16.5. The molecule has 5 nitrogen and oxygen atoms in total. The van der Waals surface area contributed by atoms with E-state index >= 15 is 0 Å². The highest BCUT2D eigenvalue weighted by molar-refractivity contribution is 5.76. The van der Waals surface area contributed by atoms with Crippen LogP contribution in [-0.4, -0.2) is 55.7 Å². The number of nitrogens with two attached hydrogens (primary N) is 1. The van der Waals surface area contributed by atoms with Gasteiger partial charge < -0.3 is 20.7 Å². The van der Waals surface area contributed by atoms with E-state index in [4.69, 9.17) is 10.5 Å². The highest BCUT2D eigenvalue weighted by Gasteiger charge is 2.57. The standard InChI is InChI=1S/C18H33N3O2/c1-18(2)15(14-7-4-11-23-16(14)18)20-8-5-10-21-9-3-6-13(12-21)17(19)22/h13-16,20H,3-12H2,1-2H3,(H2,19,22)/t13-,14+,15+,16+/m0/s1. The minimum Gasteiger partial charge on any atom is -0.377 e. The second-order valence-electron chi connectivity index (χ2n) is 8.25. The van der Waals surface area contributed by atoms with Crippen LogP contribution in [0.1, 0.15) is 46.0 Å². The van der Waals surface area contributed by atoms with E-state index in [1.165, 1.54) is 12.8 Å². The van der Waals surface area contributed by atoms with Crippen LogP contribution < -0.4 is 11.1 Å². The zero-order valence-electron chi connectivity index (χ0n) is 14.7. The Hall–Kier alpha value is -0.650. The third kappa shape index (κ3) is 3.57. The molecule has 2 saturated heterocycles. The molecule has 2 heterocycles. The lowest BCUT2D eigenvalue weighted by Crippen LogP contribution is -2.69. The first kappa shape index (κ1) is 17.2. The third-order valence-corrected chi connectivity index (χ3v) is 6.25. The number of nitrogens with zero attached hydrogens (tertiary/aromatic N) is 1. The van der Waals surface area contributed by atoms with E-state index in [0.29, 0.717) is 18.1 Å². The van der Waals surface area contributed by atoms with Gasteiger partial charge in [0.15, 0.2) is 0 Å². The lowest BCUT2D eigenvalue weighted by molar-refractivity contribution is -0.192. The topological polar surface area (TPSA) is 67.6 Å². The van der Waals surface area contributed by atoms with Crippen LogP contribution in [0.15, 0.2) is 0 Å². The van der Waals surface area contributed by atoms with Gasteiger partial charge >= 0.3 is 0 Å². The summed E-state index contributed by atoms with van der Waals surface area (Å²) in [6, 6.07) is 0.590. The molecule has 23 heavy (non-hydrogen) atoms. The number of ether oxygens (including phenoxy) is 1. The minimum atomic E-state index is -0.132. The minimum absolute atomic E-state index is 0.0578. The number of carbonyl (C=O) groups excluding carboxylic acids is 1. The number of hydrogen-bond donors (Lipinski definition) is 2. The van der Waals surface area contributed by atoms with Crippen molar-refractivity contribution < 1.29 is 9.53 Å². The Morgan fingerprint density at radius 1 is 1.35 bits per heavy atom. The van der Waals surface area contributed by atoms with Gasteiger partial charge in [-0.05, 0) is 51.7 Å². The molecule has 0 spiro atoms. The van der Waals surface area contributed by atoms with Crippen molar-refractivity contribution in [1.29, 1.82) is 0 Å². The maximum atomic E-state index is 11.3. The first-order valence-corrected chi connectivity index (χ1v) is 9.37. The van der Waals surface area contributed by atoms with Gasteiger partial charge in [-0.1, -0.05) is 13.8 Å². The Bertz CT molecular complexity index is 426. The van der Waals surface area contributed by atoms with E-state index in [-0.39, 0.29) is 17.2 Å². The van der Waals surface area contributed by atoms with Crippen molar-refractivity contribution in [3.05, 3.63) is 0 Å². The predicted molar refractivity (Wildman–Crippen MR) is 91.0 cm³/mol. The van der Waals surface area contributed by atoms with E-state index in [9.17, 15) is 4.79 Å². The van der Waals surface area contributed by atoms with E-state index < -0.39 is 0 Å². The average molecular weight is 323 g/mol. The number of likely N-dealkylation sites (tertiary alicyclic amines) is 1. The molecule has 0 radical (unpaired) electrons. The molecular formula is C18H33N3O2. The Morgan fingerprint density at radius 2 is 2.17 bits per heavy atom. The van der Waals surface area contributed by atoms with Gasteiger partial charge in [0.25, 0.3) is 0 Å². The number of rotatable bonds is 6. The van der Waals surface area contributed by atoms with Crippen LogP contribution in [0.25, 0.3) is 0 Å². The molecule has 2 aliphatic heterocycles. The summed E-state index contributed by atoms with van der Waals surface area (Å²) in [6.45, 7) is 9.68. The van der Waals surface area contributed by atoms with Gasteiger partial charge in [0, 0.05) is 30.5 Å². The maximum Gasteiger partial charge on any atom is 0.221 e. The van der Waals surface area contributed by atoms with Gasteiger partial charge in [0.2, 0.25) is 5.91 Å². The number of nitrogens with one attached hydrogen (secondary N) is 1. The molecule has 3 aliphatic rings. The van der Waals surface area contributed by atoms with Crippen molar-refractivity contribution >= 4 is 5.91 Å². The molecule has 3 rings (SSSR count). The molecule has 1 saturated carbocycles. The summed E-state index contributed by atoms with van der Waals surface area (Å²) in [5.74, 6) is 0.628. The number of fused-ring (bicyclic) bond motifs is 1. The fourth-order valence-corrected chi connectivity index (χ4v) is 4.99. The normalized spacial score (nSPS) is 37.0. The van der Waals surface area contributed by atoms with Crippen LogP contribution in [0.3, 0.4) is 0 Å². The number of primary amides is 1. The molecule has 0 unspecified atom stereocenters. The first-order chi connectivity index (χ1) is 11.0. The number of piperidine rings is 1. The highest BCUT2D eigenvalue weighted by Crippen LogP contribution is 2.51. The summed E-state index contributed by atoms with van der Waals surface area (Å²) in [4.78, 5) is 13.7. The van der Waals surface area contributed by atoms with Crippen molar-refractivity contribution in [3.63, 3.8) is 0 Å². The average Bonchev–Trinajstić information content (AvgIpc) is 2.54. The van der Waals surface area contributed by atoms with Crippen LogP contribution >= 0.6 is 0 Å². The van der Waals surface area contributed by atoms with Crippen LogP contribution in [0.4, 0.5) is 0 Å². The molecule has 0 aromatic carbocycles. The monoisotopic (exact) mass is 323 g/mol. The summed E-state index contributed by atoms with van der Waals surface area (Å²) < 4.78 is 5.97. The van der Waals surface area contributed by atoms with Crippen molar-refractivity contribution in [1.82, 2.24) is 10.2 Å². The molecule has 5 heteroatoms. The van der Waals surface area contributed by atoms with Gasteiger partial charge in [0.1, 0.15) is 0 Å². The lowest BCUT2D eigenvalue weighted by atomic mass is 9.55. The molecule has 0 aromatic heterocycles. The van der Waals surface area contributed by atoms with Crippen molar-refractivity contribution in [2.45, 2.75) is 58.1 Å². The quantitative estimate of drug-likeness (QED) is 0.725. The molecule has 3 fully saturated rings. The number of amides is 1. The molecule has 132 valence electrons. The summed E-state index contributed by atoms with van der Waals surface area (Å²) in [5.41, 5.74) is 5.71. The van der Waals surface area contributed by atoms with Gasteiger partial charge in [0.05, 0.1) is 12.0 Å². The summed E-state index contributed by atoms with van der Waals surface area (Å²) in [7, 11) is 0. The first-order valence-electron chi connectivity index (χ1n) is 9.37. The molecule has 0 aromatic rings. The van der Waals surface area contributed by atoms with E-state index in [1.54, 1.807) is 0 Å². The van der Waals surface area contributed by atoms with E-state index in [1.807, 2.05) is 0 Å². The second-order valence-corrected chi connectivity index (χ2v) is 8.25. The third-order valence-electron chi connectivity index (χ3n) is 6.25.